The van der Waals surface area contributed by atoms with Gasteiger partial charge in [-0.25, -0.2) is 0 Å². The largest absolute Gasteiger partial charge is 0.294 e. The van der Waals surface area contributed by atoms with Crippen LogP contribution in [0.2, 0.25) is 0 Å². The fourth-order valence-electron chi connectivity index (χ4n) is 1.79. The van der Waals surface area contributed by atoms with Crippen molar-refractivity contribution in [3.05, 3.63) is 77.4 Å². The zero-order valence-corrected chi connectivity index (χ0v) is 10.7. The Labute approximate surface area is 112 Å². The first-order valence-corrected chi connectivity index (χ1v) is 6.06. The topological polar surface area (TPSA) is 34.1 Å². The van der Waals surface area contributed by atoms with Crippen molar-refractivity contribution in [1.29, 1.82) is 0 Å². The molecule has 2 aromatic rings. The maximum absolute atomic E-state index is 12.3. The average molecular weight is 250 g/mol. The van der Waals surface area contributed by atoms with Crippen LogP contribution in [0.4, 0.5) is 0 Å². The van der Waals surface area contributed by atoms with Gasteiger partial charge in [-0.1, -0.05) is 60.7 Å². The number of Topliss-reactive ketones (excluding diaryl/α,β-unsaturated/α-hetero) is 2. The second-order valence-corrected chi connectivity index (χ2v) is 4.22. The van der Waals surface area contributed by atoms with Crippen molar-refractivity contribution in [3.63, 3.8) is 0 Å². The fourth-order valence-corrected chi connectivity index (χ4v) is 1.79. The van der Waals surface area contributed by atoms with Gasteiger partial charge in [-0.3, -0.25) is 9.59 Å². The van der Waals surface area contributed by atoms with Gasteiger partial charge in [-0.2, -0.15) is 0 Å². The molecule has 2 heteroatoms. The molecule has 0 unspecified atom stereocenters. The lowest BCUT2D eigenvalue weighted by molar-refractivity contribution is -0.113. The molecule has 0 heterocycles. The fraction of sp³-hybridized carbons (Fsp3) is 0.0588. The van der Waals surface area contributed by atoms with Crippen LogP contribution in [-0.4, -0.2) is 11.6 Å². The highest BCUT2D eigenvalue weighted by atomic mass is 16.1. The Balaban J connectivity index is 2.40. The number of carbonyl (C=O) groups is 2. The smallest absolute Gasteiger partial charge is 0.196 e. The molecule has 0 amide bonds. The van der Waals surface area contributed by atoms with E-state index in [0.717, 1.165) is 5.56 Å². The Morgan fingerprint density at radius 2 is 1.37 bits per heavy atom. The molecule has 0 fully saturated rings. The third-order valence-corrected chi connectivity index (χ3v) is 2.77. The second kappa shape index (κ2) is 5.91. The molecule has 0 aliphatic heterocycles. The predicted molar refractivity (Wildman–Crippen MR) is 75.9 cm³/mol. The van der Waals surface area contributed by atoms with Gasteiger partial charge in [0.25, 0.3) is 0 Å². The van der Waals surface area contributed by atoms with E-state index in [0.29, 0.717) is 5.56 Å². The van der Waals surface area contributed by atoms with Crippen LogP contribution < -0.4 is 0 Å². The zero-order chi connectivity index (χ0) is 13.7. The van der Waals surface area contributed by atoms with Gasteiger partial charge in [0, 0.05) is 5.56 Å². The molecule has 2 rings (SSSR count). The summed E-state index contributed by atoms with van der Waals surface area (Å²) in [7, 11) is 0. The van der Waals surface area contributed by atoms with Crippen LogP contribution in [0, 0.1) is 0 Å². The van der Waals surface area contributed by atoms with Crippen molar-refractivity contribution >= 4 is 17.6 Å². The summed E-state index contributed by atoms with van der Waals surface area (Å²) >= 11 is 0. The van der Waals surface area contributed by atoms with Crippen molar-refractivity contribution in [2.75, 3.05) is 0 Å². The lowest BCUT2D eigenvalue weighted by Gasteiger charge is -2.03. The van der Waals surface area contributed by atoms with Crippen LogP contribution in [0.5, 0.6) is 0 Å². The molecule has 0 bridgehead atoms. The molecule has 0 aliphatic carbocycles. The number of allylic oxidation sites excluding steroid dienone is 1. The summed E-state index contributed by atoms with van der Waals surface area (Å²) in [6, 6.07) is 18.2. The second-order valence-electron chi connectivity index (χ2n) is 4.22. The van der Waals surface area contributed by atoms with Crippen LogP contribution in [0.25, 0.3) is 6.08 Å². The van der Waals surface area contributed by atoms with Crippen LogP contribution in [0.15, 0.2) is 66.2 Å². The summed E-state index contributed by atoms with van der Waals surface area (Å²) < 4.78 is 0. The third kappa shape index (κ3) is 3.26. The van der Waals surface area contributed by atoms with Gasteiger partial charge >= 0.3 is 0 Å². The minimum atomic E-state index is -0.239. The van der Waals surface area contributed by atoms with Crippen molar-refractivity contribution < 1.29 is 9.59 Å². The molecule has 2 nitrogen and oxygen atoms in total. The summed E-state index contributed by atoms with van der Waals surface area (Å²) in [4.78, 5) is 24.0. The molecule has 0 aromatic heterocycles. The molecule has 0 N–H and O–H groups in total. The number of carbonyl (C=O) groups excluding carboxylic acids is 2. The first-order chi connectivity index (χ1) is 9.18. The summed E-state index contributed by atoms with van der Waals surface area (Å²) in [5.74, 6) is -0.463. The molecule has 19 heavy (non-hydrogen) atoms. The van der Waals surface area contributed by atoms with Gasteiger partial charge in [-0.15, -0.1) is 0 Å². The van der Waals surface area contributed by atoms with Crippen molar-refractivity contribution in [1.82, 2.24) is 0 Å². The number of rotatable bonds is 4. The SMILES string of the molecule is CC(=O)/C(=C\c1ccccc1)C(=O)c1ccccc1. The molecule has 2 aromatic carbocycles. The van der Waals surface area contributed by atoms with Crippen LogP contribution >= 0.6 is 0 Å². The molecule has 0 saturated carbocycles. The molecule has 0 aliphatic rings. The highest BCUT2D eigenvalue weighted by Crippen LogP contribution is 2.13. The maximum atomic E-state index is 12.3. The molecule has 0 spiro atoms. The maximum Gasteiger partial charge on any atom is 0.196 e. The van der Waals surface area contributed by atoms with Gasteiger partial charge in [0.2, 0.25) is 0 Å². The zero-order valence-electron chi connectivity index (χ0n) is 10.7. The number of hydrogen-bond donors (Lipinski definition) is 0. The van der Waals surface area contributed by atoms with Gasteiger partial charge in [0.1, 0.15) is 0 Å². The highest BCUT2D eigenvalue weighted by molar-refractivity contribution is 6.28. The van der Waals surface area contributed by atoms with Gasteiger partial charge < -0.3 is 0 Å². The van der Waals surface area contributed by atoms with E-state index in [1.807, 2.05) is 36.4 Å². The lowest BCUT2D eigenvalue weighted by atomic mass is 9.98. The molecule has 94 valence electrons. The minimum Gasteiger partial charge on any atom is -0.294 e. The van der Waals surface area contributed by atoms with Gasteiger partial charge in [0.15, 0.2) is 11.6 Å². The Morgan fingerprint density at radius 1 is 0.842 bits per heavy atom. The Hall–Kier alpha value is -2.48. The van der Waals surface area contributed by atoms with E-state index in [1.165, 1.54) is 6.92 Å². The molecule has 0 atom stereocenters. The molecule has 0 saturated heterocycles. The van der Waals surface area contributed by atoms with Gasteiger partial charge in [0.05, 0.1) is 5.57 Å². The monoisotopic (exact) mass is 250 g/mol. The summed E-state index contributed by atoms with van der Waals surface area (Å²) in [6.07, 6.45) is 1.64. The van der Waals surface area contributed by atoms with E-state index in [4.69, 9.17) is 0 Å². The first kappa shape index (κ1) is 13.0. The lowest BCUT2D eigenvalue weighted by Crippen LogP contribution is -2.10. The summed E-state index contributed by atoms with van der Waals surface area (Å²) in [6.45, 7) is 1.41. The van der Waals surface area contributed by atoms with Crippen LogP contribution in [-0.2, 0) is 4.79 Å². The van der Waals surface area contributed by atoms with E-state index < -0.39 is 0 Å². The van der Waals surface area contributed by atoms with Crippen molar-refractivity contribution in [2.45, 2.75) is 6.92 Å². The standard InChI is InChI=1S/C17H14O2/c1-13(18)16(12-14-8-4-2-5-9-14)17(19)15-10-6-3-7-11-15/h2-12H,1H3/b16-12+. The van der Waals surface area contributed by atoms with E-state index >= 15 is 0 Å². The van der Waals surface area contributed by atoms with Crippen LogP contribution in [0.3, 0.4) is 0 Å². The number of ketones is 2. The normalized spacial score (nSPS) is 11.1. The Morgan fingerprint density at radius 3 is 1.89 bits per heavy atom. The summed E-state index contributed by atoms with van der Waals surface area (Å²) in [5, 5.41) is 0. The highest BCUT2D eigenvalue weighted by Gasteiger charge is 2.15. The molecule has 0 radical (unpaired) electrons. The number of hydrogen-bond acceptors (Lipinski definition) is 2. The van der Waals surface area contributed by atoms with Crippen LogP contribution in [0.1, 0.15) is 22.8 Å². The van der Waals surface area contributed by atoms with Crippen molar-refractivity contribution in [3.8, 4) is 0 Å². The van der Waals surface area contributed by atoms with E-state index in [-0.39, 0.29) is 17.1 Å². The van der Waals surface area contributed by atoms with E-state index in [1.54, 1.807) is 30.3 Å². The Kier molecular flexibility index (Phi) is 4.04. The van der Waals surface area contributed by atoms with E-state index in [9.17, 15) is 9.59 Å². The minimum absolute atomic E-state index is 0.206. The summed E-state index contributed by atoms with van der Waals surface area (Å²) in [5.41, 5.74) is 1.58. The van der Waals surface area contributed by atoms with Gasteiger partial charge in [-0.05, 0) is 18.6 Å². The quantitative estimate of drug-likeness (QED) is 0.360. The third-order valence-electron chi connectivity index (χ3n) is 2.77. The number of benzene rings is 2. The molecular weight excluding hydrogens is 236 g/mol. The first-order valence-electron chi connectivity index (χ1n) is 6.06. The molecular formula is C17H14O2. The average Bonchev–Trinajstić information content (AvgIpc) is 2.46. The Bertz CT molecular complexity index is 610. The van der Waals surface area contributed by atoms with Crippen molar-refractivity contribution in [2.24, 2.45) is 0 Å². The predicted octanol–water partition coefficient (Wildman–Crippen LogP) is 3.54. The van der Waals surface area contributed by atoms with E-state index in [2.05, 4.69) is 0 Å².